The van der Waals surface area contributed by atoms with Gasteiger partial charge in [0, 0.05) is 10.3 Å². The molecule has 2 saturated carbocycles. The van der Waals surface area contributed by atoms with Crippen LogP contribution in [0.15, 0.2) is 16.5 Å². The first kappa shape index (κ1) is 23.0. The van der Waals surface area contributed by atoms with Gasteiger partial charge in [0.15, 0.2) is 0 Å². The first-order chi connectivity index (χ1) is 15.0. The van der Waals surface area contributed by atoms with E-state index in [1.165, 1.54) is 4.88 Å². The minimum absolute atomic E-state index is 0.0498. The first-order valence-electron chi connectivity index (χ1n) is 11.6. The molecule has 3 aliphatic rings. The van der Waals surface area contributed by atoms with E-state index in [0.29, 0.717) is 11.5 Å². The largest absolute Gasteiger partial charge is 0.481 e. The molecule has 1 heterocycles. The van der Waals surface area contributed by atoms with Crippen LogP contribution in [-0.4, -0.2) is 22.9 Å². The Kier molecular flexibility index (Phi) is 5.99. The zero-order valence-electron chi connectivity index (χ0n) is 19.6. The minimum Gasteiger partial charge on any atom is -0.481 e. The predicted octanol–water partition coefficient (Wildman–Crippen LogP) is 4.35. The highest BCUT2D eigenvalue weighted by Gasteiger charge is 2.57. The summed E-state index contributed by atoms with van der Waals surface area (Å²) >= 11 is 1.62. The van der Waals surface area contributed by atoms with E-state index < -0.39 is 23.7 Å². The molecule has 7 heteroatoms. The van der Waals surface area contributed by atoms with Crippen LogP contribution < -0.4 is 10.9 Å². The maximum Gasteiger partial charge on any atom is 0.307 e. The van der Waals surface area contributed by atoms with Gasteiger partial charge in [-0.2, -0.15) is 0 Å². The molecule has 1 aromatic heterocycles. The smallest absolute Gasteiger partial charge is 0.307 e. The van der Waals surface area contributed by atoms with Crippen molar-refractivity contribution in [2.45, 2.75) is 66.7 Å². The molecule has 0 radical (unpaired) electrons. The summed E-state index contributed by atoms with van der Waals surface area (Å²) in [7, 11) is 0. The molecule has 0 unspecified atom stereocenters. The van der Waals surface area contributed by atoms with Crippen LogP contribution >= 0.6 is 11.3 Å². The molecule has 3 aliphatic carbocycles. The summed E-state index contributed by atoms with van der Waals surface area (Å²) in [6.45, 7) is 10.8. The van der Waals surface area contributed by atoms with E-state index in [9.17, 15) is 19.5 Å². The number of hydrazine groups is 1. The summed E-state index contributed by atoms with van der Waals surface area (Å²) in [4.78, 5) is 39.1. The fourth-order valence-electron chi connectivity index (χ4n) is 6.32. The van der Waals surface area contributed by atoms with Crippen molar-refractivity contribution in [2.75, 3.05) is 0 Å². The molecule has 174 valence electrons. The first-order valence-corrected chi connectivity index (χ1v) is 12.5. The van der Waals surface area contributed by atoms with Gasteiger partial charge in [-0.25, -0.2) is 0 Å². The molecule has 32 heavy (non-hydrogen) atoms. The predicted molar refractivity (Wildman–Crippen MR) is 124 cm³/mol. The molecule has 0 aliphatic heterocycles. The van der Waals surface area contributed by atoms with Gasteiger partial charge in [0.1, 0.15) is 0 Å². The van der Waals surface area contributed by atoms with Crippen molar-refractivity contribution in [3.8, 4) is 0 Å². The van der Waals surface area contributed by atoms with Crippen molar-refractivity contribution in [1.29, 1.82) is 0 Å². The highest BCUT2D eigenvalue weighted by atomic mass is 32.1. The topological polar surface area (TPSA) is 95.5 Å². The van der Waals surface area contributed by atoms with Crippen molar-refractivity contribution in [3.05, 3.63) is 32.5 Å². The van der Waals surface area contributed by atoms with Crippen molar-refractivity contribution >= 4 is 29.1 Å². The summed E-state index contributed by atoms with van der Waals surface area (Å²) in [6, 6.07) is 0. The fourth-order valence-corrected chi connectivity index (χ4v) is 7.48. The number of allylic oxidation sites excluding steroid dienone is 2. The van der Waals surface area contributed by atoms with Gasteiger partial charge in [0.05, 0.1) is 17.4 Å². The summed E-state index contributed by atoms with van der Waals surface area (Å²) in [5.41, 5.74) is 9.34. The number of fused-ring (bicyclic) bond motifs is 3. The standard InChI is InChI=1S/C25H34N2O4S/c1-12(2)19-15-8-9-16(19)21(24(30)31)20(15)23(29)27-26-22(28)17-11-32-18-10-13(25(3,4)5)6-7-14(17)18/h11,13,15-16,20-21H,6-10H2,1-5H3,(H,26,28)(H,27,29)(H,30,31)/t13-,15+,16-,20-,21-/m1/s1. The lowest BCUT2D eigenvalue weighted by molar-refractivity contribution is -0.149. The second-order valence-corrected chi connectivity index (χ2v) is 11.9. The second-order valence-electron chi connectivity index (χ2n) is 10.9. The molecule has 2 fully saturated rings. The Morgan fingerprint density at radius 2 is 1.69 bits per heavy atom. The number of thiophene rings is 1. The minimum atomic E-state index is -0.928. The third-order valence-corrected chi connectivity index (χ3v) is 8.98. The molecular formula is C25H34N2O4S. The lowest BCUT2D eigenvalue weighted by Crippen LogP contribution is -2.48. The number of carboxylic acids is 1. The van der Waals surface area contributed by atoms with Crippen molar-refractivity contribution < 1.29 is 19.5 Å². The maximum absolute atomic E-state index is 13.0. The van der Waals surface area contributed by atoms with Crippen molar-refractivity contribution in [2.24, 2.45) is 35.0 Å². The van der Waals surface area contributed by atoms with Crippen LogP contribution in [0.1, 0.15) is 74.7 Å². The normalized spacial score (nSPS) is 28.9. The average molecular weight is 459 g/mol. The SMILES string of the molecule is CC(C)=C1[C@H]2CC[C@@H]1[C@@H](C(=O)NNC(=O)c1csc3c1CC[C@@H](C(C)(C)C)C3)[C@@H]2C(=O)O. The van der Waals surface area contributed by atoms with Gasteiger partial charge in [-0.1, -0.05) is 31.9 Å². The van der Waals surface area contributed by atoms with E-state index in [4.69, 9.17) is 0 Å². The lowest BCUT2D eigenvalue weighted by Gasteiger charge is -2.34. The van der Waals surface area contributed by atoms with Crippen molar-refractivity contribution in [1.82, 2.24) is 10.9 Å². The zero-order chi connectivity index (χ0) is 23.4. The maximum atomic E-state index is 13.0. The molecule has 1 aromatic rings. The molecule has 4 rings (SSSR count). The van der Waals surface area contributed by atoms with E-state index in [-0.39, 0.29) is 23.2 Å². The third kappa shape index (κ3) is 3.89. The number of nitrogens with one attached hydrogen (secondary N) is 2. The van der Waals surface area contributed by atoms with Gasteiger partial charge in [0.25, 0.3) is 5.91 Å². The highest BCUT2D eigenvalue weighted by molar-refractivity contribution is 7.10. The van der Waals surface area contributed by atoms with E-state index in [2.05, 4.69) is 31.6 Å². The van der Waals surface area contributed by atoms with E-state index in [1.807, 2.05) is 19.2 Å². The number of carboxylic acid groups (broad SMARTS) is 1. The lowest BCUT2D eigenvalue weighted by atomic mass is 9.72. The van der Waals surface area contributed by atoms with Crippen LogP contribution in [0.5, 0.6) is 0 Å². The average Bonchev–Trinajstić information content (AvgIpc) is 3.41. The van der Waals surface area contributed by atoms with Crippen LogP contribution in [0.3, 0.4) is 0 Å². The monoisotopic (exact) mass is 458 g/mol. The van der Waals surface area contributed by atoms with Crippen LogP contribution in [0.2, 0.25) is 0 Å². The van der Waals surface area contributed by atoms with Gasteiger partial charge < -0.3 is 5.11 Å². The molecule has 6 nitrogen and oxygen atoms in total. The van der Waals surface area contributed by atoms with Crippen molar-refractivity contribution in [3.63, 3.8) is 0 Å². The number of hydrogen-bond donors (Lipinski definition) is 3. The summed E-state index contributed by atoms with van der Waals surface area (Å²) in [5.74, 6) is -2.53. The molecule has 2 amide bonds. The quantitative estimate of drug-likeness (QED) is 0.463. The molecular weight excluding hydrogens is 424 g/mol. The van der Waals surface area contributed by atoms with E-state index in [0.717, 1.165) is 48.8 Å². The third-order valence-electron chi connectivity index (χ3n) is 7.93. The number of carbonyl (C=O) groups is 3. The summed E-state index contributed by atoms with van der Waals surface area (Å²) < 4.78 is 0. The Hall–Kier alpha value is -2.15. The zero-order valence-corrected chi connectivity index (χ0v) is 20.4. The van der Waals surface area contributed by atoms with E-state index in [1.54, 1.807) is 11.3 Å². The Morgan fingerprint density at radius 3 is 2.28 bits per heavy atom. The Morgan fingerprint density at radius 1 is 1.03 bits per heavy atom. The Bertz CT molecular complexity index is 983. The van der Waals surface area contributed by atoms with Gasteiger partial charge in [-0.3, -0.25) is 25.2 Å². The molecule has 0 saturated heterocycles. The van der Waals surface area contributed by atoms with Crippen LogP contribution in [0, 0.1) is 35.0 Å². The summed E-state index contributed by atoms with van der Waals surface area (Å²) in [5, 5.41) is 11.7. The Labute approximate surface area is 193 Å². The van der Waals surface area contributed by atoms with Gasteiger partial charge in [-0.05, 0) is 74.7 Å². The van der Waals surface area contributed by atoms with Crippen LogP contribution in [-0.2, 0) is 22.4 Å². The number of amides is 2. The fraction of sp³-hybridized carbons (Fsp3) is 0.640. The molecule has 5 atom stereocenters. The van der Waals surface area contributed by atoms with Gasteiger partial charge >= 0.3 is 5.97 Å². The molecule has 3 N–H and O–H groups in total. The number of carbonyl (C=O) groups excluding carboxylic acids is 2. The highest BCUT2D eigenvalue weighted by Crippen LogP contribution is 2.57. The van der Waals surface area contributed by atoms with Gasteiger partial charge in [0.2, 0.25) is 5.91 Å². The number of hydrogen-bond acceptors (Lipinski definition) is 4. The van der Waals surface area contributed by atoms with Crippen LogP contribution in [0.4, 0.5) is 0 Å². The molecule has 0 spiro atoms. The second kappa shape index (κ2) is 8.32. The van der Waals surface area contributed by atoms with Crippen LogP contribution in [0.25, 0.3) is 0 Å². The number of aliphatic carboxylic acids is 1. The van der Waals surface area contributed by atoms with E-state index >= 15 is 0 Å². The number of rotatable bonds is 3. The molecule has 0 aromatic carbocycles. The summed E-state index contributed by atoms with van der Waals surface area (Å²) in [6.07, 6.45) is 4.55. The van der Waals surface area contributed by atoms with Gasteiger partial charge in [-0.15, -0.1) is 11.3 Å². The Balaban J connectivity index is 1.44. The molecule has 2 bridgehead atoms.